The van der Waals surface area contributed by atoms with Gasteiger partial charge in [0, 0.05) is 6.42 Å². The van der Waals surface area contributed by atoms with E-state index in [-0.39, 0.29) is 23.5 Å². The Labute approximate surface area is 137 Å². The molecule has 0 bridgehead atoms. The van der Waals surface area contributed by atoms with Gasteiger partial charge in [0.25, 0.3) is 0 Å². The first-order chi connectivity index (χ1) is 10.6. The van der Waals surface area contributed by atoms with Gasteiger partial charge >= 0.3 is 0 Å². The van der Waals surface area contributed by atoms with Crippen LogP contribution >= 0.6 is 0 Å². The van der Waals surface area contributed by atoms with Gasteiger partial charge in [-0.3, -0.25) is 9.59 Å². The number of carbonyl (C=O) groups excluding carboxylic acids is 2. The number of amides is 2. The van der Waals surface area contributed by atoms with Crippen molar-refractivity contribution in [3.05, 3.63) is 29.3 Å². The van der Waals surface area contributed by atoms with Crippen molar-refractivity contribution in [1.29, 1.82) is 0 Å². The van der Waals surface area contributed by atoms with Crippen molar-refractivity contribution in [2.75, 3.05) is 7.05 Å². The highest BCUT2D eigenvalue weighted by Gasteiger charge is 2.32. The van der Waals surface area contributed by atoms with Crippen LogP contribution in [0.5, 0.6) is 5.75 Å². The van der Waals surface area contributed by atoms with Gasteiger partial charge in [0.1, 0.15) is 11.8 Å². The van der Waals surface area contributed by atoms with Crippen molar-refractivity contribution >= 4 is 11.8 Å². The Bertz CT molecular complexity index is 579. The van der Waals surface area contributed by atoms with Gasteiger partial charge in [-0.25, -0.2) is 0 Å². The molecule has 0 aliphatic rings. The number of likely N-dealkylation sites (N-methyl/N-ethyl adjacent to an activating group) is 1. The van der Waals surface area contributed by atoms with Crippen molar-refractivity contribution < 1.29 is 14.7 Å². The van der Waals surface area contributed by atoms with Crippen molar-refractivity contribution in [3.63, 3.8) is 0 Å². The van der Waals surface area contributed by atoms with E-state index in [0.29, 0.717) is 5.56 Å². The Balaban J connectivity index is 2.89. The lowest BCUT2D eigenvalue weighted by molar-refractivity contribution is -0.130. The smallest absolute Gasteiger partial charge is 0.240 e. The number of carbonyl (C=O) groups is 2. The Morgan fingerprint density at radius 2 is 1.91 bits per heavy atom. The molecule has 0 radical (unpaired) electrons. The fourth-order valence-electron chi connectivity index (χ4n) is 2.52. The molecule has 0 spiro atoms. The number of benzene rings is 1. The molecular weight excluding hydrogens is 294 g/mol. The maximum Gasteiger partial charge on any atom is 0.240 e. The monoisotopic (exact) mass is 321 g/mol. The van der Waals surface area contributed by atoms with Gasteiger partial charge in [0.15, 0.2) is 0 Å². The summed E-state index contributed by atoms with van der Waals surface area (Å²) in [6, 6.07) is 3.81. The third-order valence-electron chi connectivity index (χ3n) is 3.78. The van der Waals surface area contributed by atoms with E-state index in [0.717, 1.165) is 5.56 Å². The van der Waals surface area contributed by atoms with Gasteiger partial charge in [-0.1, -0.05) is 32.9 Å². The van der Waals surface area contributed by atoms with Crippen LogP contribution in [-0.2, 0) is 16.0 Å². The summed E-state index contributed by atoms with van der Waals surface area (Å²) < 4.78 is 0. The minimum Gasteiger partial charge on any atom is -0.508 e. The van der Waals surface area contributed by atoms with Crippen molar-refractivity contribution in [2.45, 2.75) is 46.2 Å². The molecule has 2 amide bonds. The molecule has 2 atom stereocenters. The molecule has 6 nitrogen and oxygen atoms in total. The SMILES string of the molecule is CN[C@H](C(=O)N[C@@H](Cc1ccc(O)c(C)c1)C(N)=O)C(C)(C)C. The molecule has 0 aromatic heterocycles. The Morgan fingerprint density at radius 3 is 2.35 bits per heavy atom. The van der Waals surface area contributed by atoms with E-state index in [1.54, 1.807) is 32.2 Å². The molecule has 1 aromatic rings. The molecule has 0 saturated carbocycles. The second kappa shape index (κ2) is 7.46. The van der Waals surface area contributed by atoms with Crippen LogP contribution < -0.4 is 16.4 Å². The summed E-state index contributed by atoms with van der Waals surface area (Å²) in [5.74, 6) is -0.663. The number of aryl methyl sites for hydroxylation is 1. The normalized spacial score (nSPS) is 14.1. The number of nitrogens with one attached hydrogen (secondary N) is 2. The Kier molecular flexibility index (Phi) is 6.15. The maximum absolute atomic E-state index is 12.4. The molecule has 23 heavy (non-hydrogen) atoms. The van der Waals surface area contributed by atoms with Crippen LogP contribution in [0.15, 0.2) is 18.2 Å². The molecule has 0 heterocycles. The molecule has 0 fully saturated rings. The molecule has 128 valence electrons. The van der Waals surface area contributed by atoms with Gasteiger partial charge in [0.2, 0.25) is 11.8 Å². The number of primary amides is 1. The zero-order valence-electron chi connectivity index (χ0n) is 14.4. The number of hydrogen-bond acceptors (Lipinski definition) is 4. The average Bonchev–Trinajstić information content (AvgIpc) is 2.41. The summed E-state index contributed by atoms with van der Waals surface area (Å²) in [6.07, 6.45) is 0.281. The summed E-state index contributed by atoms with van der Waals surface area (Å²) in [4.78, 5) is 24.1. The van der Waals surface area contributed by atoms with E-state index in [1.807, 2.05) is 20.8 Å². The Hall–Kier alpha value is -2.08. The fraction of sp³-hybridized carbons (Fsp3) is 0.529. The van der Waals surface area contributed by atoms with Crippen molar-refractivity contribution in [2.24, 2.45) is 11.1 Å². The van der Waals surface area contributed by atoms with Crippen LogP contribution in [0, 0.1) is 12.3 Å². The number of phenols is 1. The largest absolute Gasteiger partial charge is 0.508 e. The molecular formula is C17H27N3O3. The number of phenolic OH excluding ortho intramolecular Hbond substituents is 1. The predicted octanol–water partition coefficient (Wildman–Crippen LogP) is 0.847. The number of hydrogen-bond donors (Lipinski definition) is 4. The van der Waals surface area contributed by atoms with E-state index < -0.39 is 18.0 Å². The summed E-state index contributed by atoms with van der Waals surface area (Å²) in [7, 11) is 1.71. The number of rotatable bonds is 6. The van der Waals surface area contributed by atoms with Gasteiger partial charge in [-0.2, -0.15) is 0 Å². The van der Waals surface area contributed by atoms with Gasteiger partial charge in [-0.15, -0.1) is 0 Å². The minimum absolute atomic E-state index is 0.191. The fourth-order valence-corrected chi connectivity index (χ4v) is 2.52. The number of nitrogens with two attached hydrogens (primary N) is 1. The molecule has 6 heteroatoms. The van der Waals surface area contributed by atoms with Crippen molar-refractivity contribution in [1.82, 2.24) is 10.6 Å². The van der Waals surface area contributed by atoms with Crippen LogP contribution in [0.2, 0.25) is 0 Å². The quantitative estimate of drug-likeness (QED) is 0.623. The topological polar surface area (TPSA) is 104 Å². The second-order valence-corrected chi connectivity index (χ2v) is 6.88. The first kappa shape index (κ1) is 19.0. The first-order valence-corrected chi connectivity index (χ1v) is 7.61. The third kappa shape index (κ3) is 5.25. The number of aromatic hydroxyl groups is 1. The van der Waals surface area contributed by atoms with Crippen LogP contribution in [0.4, 0.5) is 0 Å². The summed E-state index contributed by atoms with van der Waals surface area (Å²) in [5, 5.41) is 15.2. The lowest BCUT2D eigenvalue weighted by atomic mass is 9.86. The van der Waals surface area contributed by atoms with Crippen LogP contribution in [0.25, 0.3) is 0 Å². The zero-order valence-corrected chi connectivity index (χ0v) is 14.4. The minimum atomic E-state index is -0.801. The Morgan fingerprint density at radius 1 is 1.30 bits per heavy atom. The maximum atomic E-state index is 12.4. The molecule has 0 unspecified atom stereocenters. The van der Waals surface area contributed by atoms with Gasteiger partial charge in [0.05, 0.1) is 6.04 Å². The molecule has 5 N–H and O–H groups in total. The standard InChI is InChI=1S/C17H27N3O3/c1-10-8-11(6-7-13(10)21)9-12(15(18)22)20-16(23)14(19-5)17(2,3)4/h6-8,12,14,19,21H,9H2,1-5H3,(H2,18,22)(H,20,23)/t12-,14+/m0/s1. The average molecular weight is 321 g/mol. The van der Waals surface area contributed by atoms with Crippen molar-refractivity contribution in [3.8, 4) is 5.75 Å². The lowest BCUT2D eigenvalue weighted by Gasteiger charge is -2.30. The highest BCUT2D eigenvalue weighted by atomic mass is 16.3. The van der Waals surface area contributed by atoms with Crippen LogP contribution in [-0.4, -0.2) is 36.1 Å². The van der Waals surface area contributed by atoms with Crippen LogP contribution in [0.3, 0.4) is 0 Å². The van der Waals surface area contributed by atoms with E-state index in [4.69, 9.17) is 5.73 Å². The van der Waals surface area contributed by atoms with E-state index in [9.17, 15) is 14.7 Å². The van der Waals surface area contributed by atoms with E-state index in [2.05, 4.69) is 10.6 Å². The van der Waals surface area contributed by atoms with Crippen LogP contribution in [0.1, 0.15) is 31.9 Å². The lowest BCUT2D eigenvalue weighted by Crippen LogP contribution is -2.55. The molecule has 0 saturated heterocycles. The highest BCUT2D eigenvalue weighted by molar-refractivity contribution is 5.89. The molecule has 1 rings (SSSR count). The highest BCUT2D eigenvalue weighted by Crippen LogP contribution is 2.20. The summed E-state index contributed by atoms with van der Waals surface area (Å²) in [5.41, 5.74) is 6.66. The van der Waals surface area contributed by atoms with E-state index >= 15 is 0 Å². The first-order valence-electron chi connectivity index (χ1n) is 7.61. The van der Waals surface area contributed by atoms with Gasteiger partial charge in [-0.05, 0) is 36.6 Å². The van der Waals surface area contributed by atoms with E-state index in [1.165, 1.54) is 0 Å². The molecule has 1 aromatic carbocycles. The summed E-state index contributed by atoms with van der Waals surface area (Å²) >= 11 is 0. The van der Waals surface area contributed by atoms with Gasteiger partial charge < -0.3 is 21.5 Å². The third-order valence-corrected chi connectivity index (χ3v) is 3.78. The molecule has 0 aliphatic carbocycles. The molecule has 0 aliphatic heterocycles. The predicted molar refractivity (Wildman–Crippen MR) is 90.0 cm³/mol. The summed E-state index contributed by atoms with van der Waals surface area (Å²) in [6.45, 7) is 7.59. The zero-order chi connectivity index (χ0) is 17.8. The second-order valence-electron chi connectivity index (χ2n) is 6.88.